The molecule has 17 heavy (non-hydrogen) atoms. The Balaban J connectivity index is 2.64. The third-order valence-corrected chi connectivity index (χ3v) is 4.03. The van der Waals surface area contributed by atoms with E-state index in [1.54, 1.807) is 20.8 Å². The van der Waals surface area contributed by atoms with E-state index in [4.69, 9.17) is 9.63 Å². The minimum absolute atomic E-state index is 0.106. The lowest BCUT2D eigenvalue weighted by Gasteiger charge is -2.07. The first-order valence-electron chi connectivity index (χ1n) is 5.45. The van der Waals surface area contributed by atoms with E-state index in [1.165, 1.54) is 0 Å². The van der Waals surface area contributed by atoms with Crippen molar-refractivity contribution < 1.29 is 18.0 Å². The zero-order valence-electron chi connectivity index (χ0n) is 10.2. The second kappa shape index (κ2) is 5.61. The van der Waals surface area contributed by atoms with E-state index in [1.807, 2.05) is 0 Å². The molecule has 0 spiro atoms. The van der Waals surface area contributed by atoms with Crippen LogP contribution in [0.1, 0.15) is 31.2 Å². The predicted octanol–water partition coefficient (Wildman–Crippen LogP) is 0.731. The van der Waals surface area contributed by atoms with Gasteiger partial charge in [-0.2, -0.15) is 0 Å². The van der Waals surface area contributed by atoms with Gasteiger partial charge in [0.25, 0.3) is 0 Å². The van der Waals surface area contributed by atoms with Gasteiger partial charge >= 0.3 is 0 Å². The molecule has 1 aromatic rings. The van der Waals surface area contributed by atoms with Crippen molar-refractivity contribution in [2.75, 3.05) is 6.54 Å². The highest BCUT2D eigenvalue weighted by atomic mass is 32.2. The predicted molar refractivity (Wildman–Crippen MR) is 62.1 cm³/mol. The Labute approximate surface area is 101 Å². The van der Waals surface area contributed by atoms with Gasteiger partial charge in [0.05, 0.1) is 6.10 Å². The second-order valence-electron chi connectivity index (χ2n) is 4.04. The molecular formula is C10H18N2O4S. The van der Waals surface area contributed by atoms with Crippen LogP contribution in [-0.2, 0) is 10.0 Å². The van der Waals surface area contributed by atoms with Gasteiger partial charge in [-0.3, -0.25) is 0 Å². The normalized spacial score (nSPS) is 13.9. The Bertz CT molecular complexity index is 445. The molecule has 0 saturated carbocycles. The average Bonchev–Trinajstić information content (AvgIpc) is 2.53. The van der Waals surface area contributed by atoms with Crippen LogP contribution < -0.4 is 4.72 Å². The summed E-state index contributed by atoms with van der Waals surface area (Å²) < 4.78 is 31.1. The number of rotatable bonds is 6. The summed E-state index contributed by atoms with van der Waals surface area (Å²) in [7, 11) is -3.56. The standard InChI is InChI=1S/C10H18N2O4S/c1-7(13)5-4-6-11-17(14,15)10-8(2)12-16-9(10)3/h7,11,13H,4-6H2,1-3H3. The highest BCUT2D eigenvalue weighted by Gasteiger charge is 2.23. The van der Waals surface area contributed by atoms with Crippen LogP contribution in [0.3, 0.4) is 0 Å². The Kier molecular flexibility index (Phi) is 4.67. The number of aryl methyl sites for hydroxylation is 2. The maximum atomic E-state index is 11.9. The fourth-order valence-corrected chi connectivity index (χ4v) is 2.93. The maximum Gasteiger partial charge on any atom is 0.245 e. The van der Waals surface area contributed by atoms with E-state index in [9.17, 15) is 8.42 Å². The van der Waals surface area contributed by atoms with Crippen molar-refractivity contribution in [2.24, 2.45) is 0 Å². The van der Waals surface area contributed by atoms with Gasteiger partial charge < -0.3 is 9.63 Å². The SMILES string of the molecule is Cc1noc(C)c1S(=O)(=O)NCCCC(C)O. The summed E-state index contributed by atoms with van der Waals surface area (Å²) in [6.07, 6.45) is 0.725. The van der Waals surface area contributed by atoms with Crippen LogP contribution in [0.4, 0.5) is 0 Å². The molecule has 7 heteroatoms. The molecule has 0 radical (unpaired) electrons. The molecule has 0 aliphatic heterocycles. The van der Waals surface area contributed by atoms with Crippen molar-refractivity contribution in [1.82, 2.24) is 9.88 Å². The summed E-state index contributed by atoms with van der Waals surface area (Å²) >= 11 is 0. The molecule has 0 saturated heterocycles. The molecule has 1 heterocycles. The molecule has 0 bridgehead atoms. The van der Waals surface area contributed by atoms with E-state index in [2.05, 4.69) is 9.88 Å². The fourth-order valence-electron chi connectivity index (χ4n) is 1.53. The summed E-state index contributed by atoms with van der Waals surface area (Å²) in [5.74, 6) is 0.283. The van der Waals surface area contributed by atoms with E-state index in [0.717, 1.165) is 0 Å². The van der Waals surface area contributed by atoms with E-state index < -0.39 is 16.1 Å². The lowest BCUT2D eigenvalue weighted by molar-refractivity contribution is 0.182. The zero-order valence-corrected chi connectivity index (χ0v) is 11.0. The van der Waals surface area contributed by atoms with E-state index in [0.29, 0.717) is 18.5 Å². The zero-order chi connectivity index (χ0) is 13.1. The highest BCUT2D eigenvalue weighted by molar-refractivity contribution is 7.89. The van der Waals surface area contributed by atoms with Crippen molar-refractivity contribution in [2.45, 2.75) is 44.6 Å². The van der Waals surface area contributed by atoms with Crippen molar-refractivity contribution in [3.05, 3.63) is 11.5 Å². The quantitative estimate of drug-likeness (QED) is 0.737. The molecule has 0 fully saturated rings. The Morgan fingerprint density at radius 3 is 2.59 bits per heavy atom. The third kappa shape index (κ3) is 3.79. The molecule has 1 unspecified atom stereocenters. The summed E-state index contributed by atoms with van der Waals surface area (Å²) in [6.45, 7) is 5.10. The average molecular weight is 262 g/mol. The van der Waals surface area contributed by atoms with Gasteiger partial charge in [-0.1, -0.05) is 5.16 Å². The fraction of sp³-hybridized carbons (Fsp3) is 0.700. The van der Waals surface area contributed by atoms with Crippen LogP contribution in [-0.4, -0.2) is 31.3 Å². The summed E-state index contributed by atoms with van der Waals surface area (Å²) in [6, 6.07) is 0. The van der Waals surface area contributed by atoms with Crippen molar-refractivity contribution in [3.8, 4) is 0 Å². The van der Waals surface area contributed by atoms with E-state index in [-0.39, 0.29) is 17.2 Å². The van der Waals surface area contributed by atoms with E-state index >= 15 is 0 Å². The molecule has 2 N–H and O–H groups in total. The van der Waals surface area contributed by atoms with Gasteiger partial charge in [-0.25, -0.2) is 13.1 Å². The number of nitrogens with one attached hydrogen (secondary N) is 1. The van der Waals surface area contributed by atoms with Crippen LogP contribution in [0.15, 0.2) is 9.42 Å². The monoisotopic (exact) mass is 262 g/mol. The van der Waals surface area contributed by atoms with Crippen LogP contribution in [0.2, 0.25) is 0 Å². The topological polar surface area (TPSA) is 92.4 Å². The first-order chi connectivity index (χ1) is 7.84. The first-order valence-corrected chi connectivity index (χ1v) is 6.93. The molecule has 1 rings (SSSR count). The number of aliphatic hydroxyl groups excluding tert-OH is 1. The van der Waals surface area contributed by atoms with Gasteiger partial charge in [-0.05, 0) is 33.6 Å². The molecule has 98 valence electrons. The Morgan fingerprint density at radius 1 is 1.47 bits per heavy atom. The summed E-state index contributed by atoms with van der Waals surface area (Å²) in [5.41, 5.74) is 0.352. The molecule has 6 nitrogen and oxygen atoms in total. The lowest BCUT2D eigenvalue weighted by atomic mass is 10.2. The van der Waals surface area contributed by atoms with Crippen molar-refractivity contribution >= 4 is 10.0 Å². The minimum atomic E-state index is -3.56. The largest absolute Gasteiger partial charge is 0.393 e. The minimum Gasteiger partial charge on any atom is -0.393 e. The number of hydrogen-bond donors (Lipinski definition) is 2. The molecule has 1 aromatic heterocycles. The molecule has 0 aliphatic rings. The molecule has 0 aliphatic carbocycles. The molecule has 0 aromatic carbocycles. The number of hydrogen-bond acceptors (Lipinski definition) is 5. The second-order valence-corrected chi connectivity index (χ2v) is 5.75. The third-order valence-electron chi connectivity index (χ3n) is 2.33. The number of sulfonamides is 1. The number of nitrogens with zero attached hydrogens (tertiary/aromatic N) is 1. The van der Waals surface area contributed by atoms with Crippen LogP contribution in [0.25, 0.3) is 0 Å². The van der Waals surface area contributed by atoms with Gasteiger partial charge in [0.15, 0.2) is 5.76 Å². The molecule has 1 atom stereocenters. The lowest BCUT2D eigenvalue weighted by Crippen LogP contribution is -2.26. The van der Waals surface area contributed by atoms with Crippen LogP contribution >= 0.6 is 0 Å². The van der Waals surface area contributed by atoms with Crippen molar-refractivity contribution in [3.63, 3.8) is 0 Å². The smallest absolute Gasteiger partial charge is 0.245 e. The maximum absolute atomic E-state index is 11.9. The van der Waals surface area contributed by atoms with Crippen LogP contribution in [0.5, 0.6) is 0 Å². The molecule has 0 amide bonds. The Morgan fingerprint density at radius 2 is 2.12 bits per heavy atom. The van der Waals surface area contributed by atoms with Gasteiger partial charge in [0.2, 0.25) is 10.0 Å². The highest BCUT2D eigenvalue weighted by Crippen LogP contribution is 2.18. The van der Waals surface area contributed by atoms with Gasteiger partial charge in [-0.15, -0.1) is 0 Å². The summed E-state index contributed by atoms with van der Waals surface area (Å²) in [5, 5.41) is 12.7. The van der Waals surface area contributed by atoms with Crippen molar-refractivity contribution in [1.29, 1.82) is 0 Å². The molecular weight excluding hydrogens is 244 g/mol. The summed E-state index contributed by atoms with van der Waals surface area (Å²) in [4.78, 5) is 0.106. The van der Waals surface area contributed by atoms with Gasteiger partial charge in [0.1, 0.15) is 10.6 Å². The number of aliphatic hydroxyl groups is 1. The first kappa shape index (κ1) is 14.1. The van der Waals surface area contributed by atoms with Crippen LogP contribution in [0, 0.1) is 13.8 Å². The Hall–Kier alpha value is -0.920. The van der Waals surface area contributed by atoms with Gasteiger partial charge in [0, 0.05) is 6.54 Å². The number of aromatic nitrogens is 1.